The number of hydrogen-bond acceptors (Lipinski definition) is 4. The lowest BCUT2D eigenvalue weighted by Gasteiger charge is -2.29. The van der Waals surface area contributed by atoms with Gasteiger partial charge in [-0.1, -0.05) is 19.8 Å². The van der Waals surface area contributed by atoms with Crippen molar-refractivity contribution in [3.63, 3.8) is 0 Å². The van der Waals surface area contributed by atoms with Gasteiger partial charge in [-0.25, -0.2) is 4.68 Å². The van der Waals surface area contributed by atoms with E-state index in [4.69, 9.17) is 5.10 Å². The quantitative estimate of drug-likeness (QED) is 0.723. The Hall–Kier alpha value is -1.95. The van der Waals surface area contributed by atoms with Crippen LogP contribution in [0.3, 0.4) is 0 Å². The maximum Gasteiger partial charge on any atom is 0.183 e. The molecule has 0 radical (unpaired) electrons. The maximum atomic E-state index is 4.74. The average molecular weight is 339 g/mol. The molecule has 1 aliphatic carbocycles. The number of aryl methyl sites for hydroxylation is 1. The summed E-state index contributed by atoms with van der Waals surface area (Å²) in [5.41, 5.74) is 2.53. The van der Waals surface area contributed by atoms with Crippen LogP contribution in [0.15, 0.2) is 23.7 Å². The van der Waals surface area contributed by atoms with Crippen LogP contribution in [0.5, 0.6) is 0 Å². The van der Waals surface area contributed by atoms with E-state index < -0.39 is 0 Å². The van der Waals surface area contributed by atoms with Gasteiger partial charge in [0, 0.05) is 24.4 Å². The van der Waals surface area contributed by atoms with Crippen molar-refractivity contribution in [3.8, 4) is 16.5 Å². The highest BCUT2D eigenvalue weighted by Crippen LogP contribution is 2.45. The van der Waals surface area contributed by atoms with Crippen molar-refractivity contribution in [1.82, 2.24) is 24.5 Å². The molecule has 5 rings (SSSR count). The van der Waals surface area contributed by atoms with Gasteiger partial charge in [-0.2, -0.15) is 5.10 Å². The summed E-state index contributed by atoms with van der Waals surface area (Å²) in [7, 11) is 0. The van der Waals surface area contributed by atoms with Crippen molar-refractivity contribution < 1.29 is 0 Å². The molecule has 0 N–H and O–H groups in total. The van der Waals surface area contributed by atoms with Crippen LogP contribution >= 0.6 is 11.3 Å². The molecule has 0 saturated heterocycles. The Morgan fingerprint density at radius 1 is 1.25 bits per heavy atom. The van der Waals surface area contributed by atoms with E-state index in [0.717, 1.165) is 41.2 Å². The molecule has 1 fully saturated rings. The highest BCUT2D eigenvalue weighted by Gasteiger charge is 2.37. The number of nitrogens with zero attached hydrogens (tertiary/aromatic N) is 5. The Labute approximate surface area is 145 Å². The largest absolute Gasteiger partial charge is 0.309 e. The van der Waals surface area contributed by atoms with Crippen molar-refractivity contribution in [2.75, 3.05) is 0 Å². The first-order chi connectivity index (χ1) is 11.9. The Balaban J connectivity index is 1.70. The van der Waals surface area contributed by atoms with Gasteiger partial charge < -0.3 is 4.57 Å². The minimum atomic E-state index is 0.546. The second-order valence-corrected chi connectivity index (χ2v) is 7.79. The number of rotatable bonds is 3. The monoisotopic (exact) mass is 339 g/mol. The van der Waals surface area contributed by atoms with Crippen molar-refractivity contribution >= 4 is 11.3 Å². The van der Waals surface area contributed by atoms with Gasteiger partial charge in [0.2, 0.25) is 0 Å². The first-order valence-corrected chi connectivity index (χ1v) is 9.79. The topological polar surface area (TPSA) is 48.5 Å². The summed E-state index contributed by atoms with van der Waals surface area (Å²) in [6.07, 6.45) is 8.42. The molecule has 0 bridgehead atoms. The van der Waals surface area contributed by atoms with E-state index in [1.807, 2.05) is 0 Å². The minimum Gasteiger partial charge on any atom is -0.309 e. The smallest absolute Gasteiger partial charge is 0.183 e. The van der Waals surface area contributed by atoms with Crippen LogP contribution in [0.4, 0.5) is 0 Å². The highest BCUT2D eigenvalue weighted by molar-refractivity contribution is 7.12. The summed E-state index contributed by atoms with van der Waals surface area (Å²) < 4.78 is 4.41. The zero-order valence-electron chi connectivity index (χ0n) is 13.9. The summed E-state index contributed by atoms with van der Waals surface area (Å²) >= 11 is 1.72. The van der Waals surface area contributed by atoms with Gasteiger partial charge in [0.05, 0.1) is 6.20 Å². The van der Waals surface area contributed by atoms with E-state index in [-0.39, 0.29) is 0 Å². The average Bonchev–Trinajstić information content (AvgIpc) is 3.39. The molecule has 0 amide bonds. The maximum absolute atomic E-state index is 4.74. The third-order valence-electron chi connectivity index (χ3n) is 5.62. The number of aromatic nitrogens is 5. The molecule has 1 aliphatic heterocycles. The van der Waals surface area contributed by atoms with E-state index in [9.17, 15) is 0 Å². The Kier molecular flexibility index (Phi) is 3.33. The van der Waals surface area contributed by atoms with Gasteiger partial charge in [0.1, 0.15) is 16.5 Å². The zero-order valence-corrected chi connectivity index (χ0v) is 14.7. The third kappa shape index (κ3) is 2.02. The fourth-order valence-electron chi connectivity index (χ4n) is 4.44. The molecule has 2 aliphatic rings. The summed E-state index contributed by atoms with van der Waals surface area (Å²) in [5.74, 6) is 3.40. The van der Waals surface area contributed by atoms with Gasteiger partial charge in [0.15, 0.2) is 5.82 Å². The molecule has 0 spiro atoms. The molecule has 24 heavy (non-hydrogen) atoms. The SMILES string of the molecule is CCc1nnc2n1CC(C1CCCC1)c1cnn(-c3cccs3)c1-2. The standard InChI is InChI=1S/C18H21N5S/c1-2-15-20-21-18-17-13(10-19-23(17)16-8-5-9-24-16)14(11-22(15)18)12-6-3-4-7-12/h5,8-10,12,14H,2-4,6-7,11H2,1H3. The van der Waals surface area contributed by atoms with E-state index >= 15 is 0 Å². The molecule has 5 nitrogen and oxygen atoms in total. The van der Waals surface area contributed by atoms with Crippen molar-refractivity contribution in [2.24, 2.45) is 5.92 Å². The molecular weight excluding hydrogens is 318 g/mol. The normalized spacial score (nSPS) is 20.3. The predicted molar refractivity (Wildman–Crippen MR) is 94.5 cm³/mol. The molecule has 3 aromatic heterocycles. The molecule has 1 saturated carbocycles. The number of hydrogen-bond donors (Lipinski definition) is 0. The fraction of sp³-hybridized carbons (Fsp3) is 0.500. The van der Waals surface area contributed by atoms with Gasteiger partial charge in [-0.3, -0.25) is 0 Å². The Morgan fingerprint density at radius 2 is 2.12 bits per heavy atom. The van der Waals surface area contributed by atoms with Crippen LogP contribution in [0.1, 0.15) is 49.9 Å². The van der Waals surface area contributed by atoms with Crippen LogP contribution in [0.2, 0.25) is 0 Å². The molecule has 1 unspecified atom stereocenters. The summed E-state index contributed by atoms with van der Waals surface area (Å²) in [5, 5.41) is 17.0. The summed E-state index contributed by atoms with van der Waals surface area (Å²) in [6, 6.07) is 4.20. The van der Waals surface area contributed by atoms with Crippen molar-refractivity contribution in [2.45, 2.75) is 51.5 Å². The fourth-order valence-corrected chi connectivity index (χ4v) is 5.13. The molecule has 0 aromatic carbocycles. The second-order valence-electron chi connectivity index (χ2n) is 6.87. The Bertz CT molecular complexity index is 854. The van der Waals surface area contributed by atoms with E-state index in [2.05, 4.69) is 50.1 Å². The van der Waals surface area contributed by atoms with Crippen LogP contribution in [-0.2, 0) is 13.0 Å². The lowest BCUT2D eigenvalue weighted by Crippen LogP contribution is -2.24. The minimum absolute atomic E-state index is 0.546. The van der Waals surface area contributed by atoms with Gasteiger partial charge in [-0.15, -0.1) is 21.5 Å². The van der Waals surface area contributed by atoms with E-state index in [0.29, 0.717) is 5.92 Å². The molecule has 6 heteroatoms. The molecule has 1 atom stereocenters. The lowest BCUT2D eigenvalue weighted by atomic mass is 9.83. The molecule has 3 aromatic rings. The third-order valence-corrected chi connectivity index (χ3v) is 6.46. The van der Waals surface area contributed by atoms with Gasteiger partial charge in [0.25, 0.3) is 0 Å². The highest BCUT2D eigenvalue weighted by atomic mass is 32.1. The second kappa shape index (κ2) is 5.55. The summed E-state index contributed by atoms with van der Waals surface area (Å²) in [4.78, 5) is 0. The van der Waals surface area contributed by atoms with Gasteiger partial charge in [-0.05, 0) is 36.3 Å². The molecular formula is C18H21N5S. The number of thiophene rings is 1. The van der Waals surface area contributed by atoms with Crippen molar-refractivity contribution in [1.29, 1.82) is 0 Å². The molecule has 124 valence electrons. The molecule has 4 heterocycles. The van der Waals surface area contributed by atoms with Crippen LogP contribution in [-0.4, -0.2) is 24.5 Å². The van der Waals surface area contributed by atoms with Crippen LogP contribution in [0.25, 0.3) is 16.5 Å². The number of fused-ring (bicyclic) bond motifs is 3. The first kappa shape index (κ1) is 14.4. The van der Waals surface area contributed by atoms with Crippen LogP contribution < -0.4 is 0 Å². The van der Waals surface area contributed by atoms with Gasteiger partial charge >= 0.3 is 0 Å². The predicted octanol–water partition coefficient (Wildman–Crippen LogP) is 4.04. The van der Waals surface area contributed by atoms with E-state index in [1.165, 1.54) is 31.2 Å². The Morgan fingerprint density at radius 3 is 2.88 bits per heavy atom. The lowest BCUT2D eigenvalue weighted by molar-refractivity contribution is 0.378. The van der Waals surface area contributed by atoms with Crippen molar-refractivity contribution in [3.05, 3.63) is 35.1 Å². The van der Waals surface area contributed by atoms with E-state index in [1.54, 1.807) is 11.3 Å². The summed E-state index contributed by atoms with van der Waals surface area (Å²) in [6.45, 7) is 3.17. The van der Waals surface area contributed by atoms with Crippen LogP contribution in [0, 0.1) is 5.92 Å². The first-order valence-electron chi connectivity index (χ1n) is 8.91. The zero-order chi connectivity index (χ0) is 16.1.